The largest absolute Gasteiger partial charge is 0.474 e. The second kappa shape index (κ2) is 30.2. The molecule has 0 aromatic heterocycles. The zero-order valence-corrected chi connectivity index (χ0v) is 7.35. The number of esters is 1. The number of carboxylic acid groups (broad SMARTS) is 1. The molecule has 0 saturated heterocycles. The van der Waals surface area contributed by atoms with E-state index in [4.69, 9.17) is 5.11 Å². The summed E-state index contributed by atoms with van der Waals surface area (Å²) in [4.78, 5) is 38.4. The van der Waals surface area contributed by atoms with E-state index in [0.29, 0.717) is 0 Å². The van der Waals surface area contributed by atoms with Crippen LogP contribution in [0.5, 0.6) is 0 Å². The fourth-order valence-electron chi connectivity index (χ4n) is 0.202. The Bertz CT molecular complexity index is 242. The minimum Gasteiger partial charge on any atom is -0.474 e. The molecule has 0 aliphatic rings. The first-order chi connectivity index (χ1) is 6.32. The molecule has 0 aliphatic carbocycles. The van der Waals surface area contributed by atoms with Crippen molar-refractivity contribution < 1.29 is 29.0 Å². The summed E-state index contributed by atoms with van der Waals surface area (Å²) in [5.74, 6) is -4.95. The molecule has 0 heterocycles. The highest BCUT2D eigenvalue weighted by molar-refractivity contribution is 6.31. The van der Waals surface area contributed by atoms with Crippen LogP contribution in [0, 0.1) is 0 Å². The first-order valence-electron chi connectivity index (χ1n) is 3.32. The third-order valence-electron chi connectivity index (χ3n) is 0.687. The lowest BCUT2D eigenvalue weighted by molar-refractivity contribution is -0.153. The van der Waals surface area contributed by atoms with E-state index in [1.807, 2.05) is 0 Å². The highest BCUT2D eigenvalue weighted by Gasteiger charge is 2.06. The van der Waals surface area contributed by atoms with Crippen LogP contribution in [-0.4, -0.2) is 35.5 Å². The summed E-state index contributed by atoms with van der Waals surface area (Å²) in [5.41, 5.74) is 8.71. The number of carbonyl (C=O) groups excluding carboxylic acids is 3. The molecular formula is C12H34N2O6. The molecule has 2 amide bonds. The van der Waals surface area contributed by atoms with Crippen molar-refractivity contribution in [2.75, 3.05) is 6.61 Å². The molecule has 128 valence electrons. The van der Waals surface area contributed by atoms with Crippen LogP contribution in [0.1, 0.15) is 51.5 Å². The molecule has 20 heavy (non-hydrogen) atoms. The van der Waals surface area contributed by atoms with Gasteiger partial charge < -0.3 is 21.3 Å². The van der Waals surface area contributed by atoms with E-state index in [2.05, 4.69) is 16.2 Å². The van der Waals surface area contributed by atoms with Gasteiger partial charge in [0, 0.05) is 0 Å². The molecular weight excluding hydrogens is 268 g/mol. The smallest absolute Gasteiger partial charge is 0.396 e. The van der Waals surface area contributed by atoms with Gasteiger partial charge in [0.2, 0.25) is 0 Å². The van der Waals surface area contributed by atoms with Gasteiger partial charge in [-0.15, -0.1) is 0 Å². The first-order valence-corrected chi connectivity index (χ1v) is 3.32. The molecule has 0 spiro atoms. The van der Waals surface area contributed by atoms with Gasteiger partial charge in [0.25, 0.3) is 0 Å². The molecule has 0 atom stereocenters. The number of carbonyl (C=O) groups is 4. The number of hydrogen-bond acceptors (Lipinski definition) is 5. The van der Waals surface area contributed by atoms with Gasteiger partial charge in [0.15, 0.2) is 0 Å². The number of primary amides is 2. The van der Waals surface area contributed by atoms with E-state index in [1.165, 1.54) is 0 Å². The van der Waals surface area contributed by atoms with Crippen molar-refractivity contribution in [1.29, 1.82) is 0 Å². The third kappa shape index (κ3) is 44.6. The Hall–Kier alpha value is -2.12. The van der Waals surface area contributed by atoms with E-state index in [0.717, 1.165) is 0 Å². The summed E-state index contributed by atoms with van der Waals surface area (Å²) in [6, 6.07) is 0. The van der Waals surface area contributed by atoms with Gasteiger partial charge in [-0.1, -0.05) is 44.6 Å². The van der Waals surface area contributed by atoms with E-state index >= 15 is 0 Å². The molecule has 0 aromatic carbocycles. The van der Waals surface area contributed by atoms with E-state index in [-0.39, 0.29) is 51.2 Å². The van der Waals surface area contributed by atoms with Crippen LogP contribution in [0.15, 0.2) is 0 Å². The second-order valence-electron chi connectivity index (χ2n) is 1.75. The van der Waals surface area contributed by atoms with Crippen LogP contribution in [0.2, 0.25) is 0 Å². The lowest BCUT2D eigenvalue weighted by atomic mass is 10.6. The fourth-order valence-corrected chi connectivity index (χ4v) is 0.202. The highest BCUT2D eigenvalue weighted by Crippen LogP contribution is 1.72. The van der Waals surface area contributed by atoms with Gasteiger partial charge >= 0.3 is 23.8 Å². The predicted octanol–water partition coefficient (Wildman–Crippen LogP) is 1.41. The first kappa shape index (κ1) is 52.2. The van der Waals surface area contributed by atoms with Gasteiger partial charge in [-0.3, -0.25) is 9.59 Å². The summed E-state index contributed by atoms with van der Waals surface area (Å²) in [6.07, 6.45) is 0. The Morgan fingerprint density at radius 3 is 1.15 bits per heavy atom. The topological polar surface area (TPSA) is 150 Å². The molecule has 5 N–H and O–H groups in total. The Balaban J connectivity index is -0.0000000188. The minimum absolute atomic E-state index is 0. The van der Waals surface area contributed by atoms with E-state index < -0.39 is 23.8 Å². The predicted molar refractivity (Wildman–Crippen MR) is 83.0 cm³/mol. The van der Waals surface area contributed by atoms with Crippen molar-refractivity contribution in [3.63, 3.8) is 0 Å². The van der Waals surface area contributed by atoms with Crippen molar-refractivity contribution in [3.05, 3.63) is 0 Å². The van der Waals surface area contributed by atoms with Gasteiger partial charge in [-0.2, -0.15) is 0 Å². The van der Waals surface area contributed by atoms with Crippen LogP contribution >= 0.6 is 0 Å². The maximum Gasteiger partial charge on any atom is 0.396 e. The van der Waals surface area contributed by atoms with Gasteiger partial charge in [0.1, 0.15) is 0 Å². The van der Waals surface area contributed by atoms with Crippen molar-refractivity contribution in [1.82, 2.24) is 0 Å². The summed E-state index contributed by atoms with van der Waals surface area (Å²) in [7, 11) is 0. The molecule has 8 nitrogen and oxygen atoms in total. The van der Waals surface area contributed by atoms with E-state index in [9.17, 15) is 19.2 Å². The monoisotopic (exact) mass is 302 g/mol. The Kier molecular flexibility index (Phi) is 78.7. The minimum atomic E-state index is -1.60. The number of amides is 2. The van der Waals surface area contributed by atoms with Crippen molar-refractivity contribution >= 4 is 23.8 Å². The van der Waals surface area contributed by atoms with Crippen LogP contribution in [0.25, 0.3) is 0 Å². The maximum atomic E-state index is 10.0. The summed E-state index contributed by atoms with van der Waals surface area (Å²) in [5, 5.41) is 7.52. The number of carboxylic acids is 1. The van der Waals surface area contributed by atoms with Crippen LogP contribution in [0.3, 0.4) is 0 Å². The molecule has 0 saturated carbocycles. The SMILES string of the molecule is C.C.C.C.C.C.CCOC(=O)C(N)=O.NC(=O)C(=O)O. The normalized spacial score (nSPS) is 5.45. The Morgan fingerprint density at radius 2 is 1.10 bits per heavy atom. The van der Waals surface area contributed by atoms with Gasteiger partial charge in [-0.05, 0) is 6.92 Å². The zero-order chi connectivity index (χ0) is 11.7. The van der Waals surface area contributed by atoms with Gasteiger partial charge in [0.05, 0.1) is 6.61 Å². The number of hydrogen-bond donors (Lipinski definition) is 3. The second-order valence-corrected chi connectivity index (χ2v) is 1.75. The molecule has 0 rings (SSSR count). The quantitative estimate of drug-likeness (QED) is 0.492. The number of ether oxygens (including phenoxy) is 1. The Labute approximate surface area is 123 Å². The number of nitrogens with two attached hydrogens (primary N) is 2. The summed E-state index contributed by atoms with van der Waals surface area (Å²) in [6.45, 7) is 1.78. The zero-order valence-electron chi connectivity index (χ0n) is 7.35. The number of rotatable bonds is 1. The van der Waals surface area contributed by atoms with E-state index in [1.54, 1.807) is 6.92 Å². The van der Waals surface area contributed by atoms with Crippen LogP contribution in [-0.2, 0) is 23.9 Å². The summed E-state index contributed by atoms with van der Waals surface area (Å²) >= 11 is 0. The lowest BCUT2D eigenvalue weighted by Crippen LogP contribution is -2.25. The van der Waals surface area contributed by atoms with Crippen molar-refractivity contribution in [2.45, 2.75) is 51.5 Å². The molecule has 0 fully saturated rings. The molecule has 8 heteroatoms. The fraction of sp³-hybridized carbons (Fsp3) is 0.667. The van der Waals surface area contributed by atoms with Gasteiger partial charge in [-0.25, -0.2) is 9.59 Å². The third-order valence-corrected chi connectivity index (χ3v) is 0.687. The van der Waals surface area contributed by atoms with Crippen LogP contribution in [0.4, 0.5) is 0 Å². The molecule has 0 aromatic rings. The highest BCUT2D eigenvalue weighted by atomic mass is 16.5. The van der Waals surface area contributed by atoms with Crippen LogP contribution < -0.4 is 11.5 Å². The average Bonchev–Trinajstić information content (AvgIpc) is 2.05. The molecule has 0 bridgehead atoms. The average molecular weight is 302 g/mol. The molecule has 0 aliphatic heterocycles. The van der Waals surface area contributed by atoms with Crippen molar-refractivity contribution in [3.8, 4) is 0 Å². The van der Waals surface area contributed by atoms with Crippen molar-refractivity contribution in [2.24, 2.45) is 11.5 Å². The molecule has 0 radical (unpaired) electrons. The maximum absolute atomic E-state index is 10.0. The lowest BCUT2D eigenvalue weighted by Gasteiger charge is -1.92. The summed E-state index contributed by atoms with van der Waals surface area (Å²) < 4.78 is 4.19. The molecule has 0 unspecified atom stereocenters. The standard InChI is InChI=1S/C4H7NO3.C2H3NO3.6CH4/c1-2-8-4(7)3(5)6;3-1(4)2(5)6;;;;;;/h2H2,1H3,(H2,5,6);(H2,3,4)(H,5,6);6*1H4. The number of aliphatic carboxylic acids is 1. The Morgan fingerprint density at radius 1 is 0.850 bits per heavy atom.